The minimum Gasteiger partial charge on any atom is -0.496 e. The summed E-state index contributed by atoms with van der Waals surface area (Å²) in [7, 11) is 1.65. The number of rotatable bonds is 12. The van der Waals surface area contributed by atoms with Crippen LogP contribution in [0.3, 0.4) is 0 Å². The van der Waals surface area contributed by atoms with E-state index in [0.717, 1.165) is 33.5 Å². The summed E-state index contributed by atoms with van der Waals surface area (Å²) in [5, 5.41) is 5.91. The number of piperazine rings is 1. The van der Waals surface area contributed by atoms with Crippen molar-refractivity contribution in [2.45, 2.75) is 19.1 Å². The Morgan fingerprint density at radius 1 is 0.900 bits per heavy atom. The number of methoxy groups -OCH3 is 1. The van der Waals surface area contributed by atoms with E-state index in [9.17, 15) is 4.79 Å². The summed E-state index contributed by atoms with van der Waals surface area (Å²) >= 11 is 6.57. The van der Waals surface area contributed by atoms with Crippen molar-refractivity contribution in [3.8, 4) is 17.2 Å². The molecule has 0 aromatic heterocycles. The molecule has 4 aromatic carbocycles. The number of carbonyl (C=O) groups excluding carboxylic acids is 1. The molecule has 1 amide bonds. The number of halogens is 1. The molecule has 1 aliphatic rings. The van der Waals surface area contributed by atoms with Crippen LogP contribution in [0.25, 0.3) is 10.8 Å². The summed E-state index contributed by atoms with van der Waals surface area (Å²) in [6, 6.07) is 27.2. The second-order valence-corrected chi connectivity index (χ2v) is 9.96. The molecule has 7 nitrogen and oxygen atoms in total. The molecule has 0 radical (unpaired) electrons. The van der Waals surface area contributed by atoms with E-state index in [1.165, 1.54) is 0 Å². The average molecular weight is 561 g/mol. The largest absolute Gasteiger partial charge is 0.496 e. The number of hydrogen-bond donors (Lipinski definition) is 1. The fourth-order valence-corrected chi connectivity index (χ4v) is 5.00. The van der Waals surface area contributed by atoms with Crippen molar-refractivity contribution < 1.29 is 23.7 Å². The molecule has 5 rings (SSSR count). The smallest absolute Gasteiger partial charge is 0.241 e. The Bertz CT molecular complexity index is 1450. The third kappa shape index (κ3) is 6.86. The molecule has 1 saturated heterocycles. The third-order valence-electron chi connectivity index (χ3n) is 6.79. The van der Waals surface area contributed by atoms with Crippen LogP contribution in [-0.2, 0) is 16.1 Å². The predicted octanol–water partition coefficient (Wildman–Crippen LogP) is 5.87. The molecule has 1 fully saturated rings. The standard InChI is InChI=1S/C32H33ClN2O5/c1-37-30-10-5-4-9-25(30)21-38-15-6-16-39-31-14-12-26(18-29(31)33)35-27(19-34-20-32(35)36)22-40-28-13-11-23-7-2-3-8-24(23)17-28/h2-5,7-14,17-18,27,34H,6,15-16,19-22H2,1H3/t27-/m1/s1. The highest BCUT2D eigenvalue weighted by Crippen LogP contribution is 2.31. The molecule has 4 aromatic rings. The van der Waals surface area contributed by atoms with Crippen LogP contribution in [0.2, 0.25) is 5.02 Å². The maximum Gasteiger partial charge on any atom is 0.241 e. The zero-order valence-corrected chi connectivity index (χ0v) is 23.2. The first-order valence-electron chi connectivity index (χ1n) is 13.4. The van der Waals surface area contributed by atoms with E-state index in [4.69, 9.17) is 30.5 Å². The van der Waals surface area contributed by atoms with E-state index >= 15 is 0 Å². The van der Waals surface area contributed by atoms with Crippen molar-refractivity contribution in [2.24, 2.45) is 0 Å². The monoisotopic (exact) mass is 560 g/mol. The number of ether oxygens (including phenoxy) is 4. The maximum atomic E-state index is 12.9. The van der Waals surface area contributed by atoms with Gasteiger partial charge in [-0.15, -0.1) is 0 Å². The van der Waals surface area contributed by atoms with E-state index in [1.807, 2.05) is 66.7 Å². The molecule has 1 aliphatic heterocycles. The van der Waals surface area contributed by atoms with Gasteiger partial charge < -0.3 is 29.2 Å². The van der Waals surface area contributed by atoms with Gasteiger partial charge in [-0.1, -0.05) is 60.1 Å². The van der Waals surface area contributed by atoms with Gasteiger partial charge in [0, 0.05) is 24.2 Å². The van der Waals surface area contributed by atoms with E-state index in [-0.39, 0.29) is 18.5 Å². The lowest BCUT2D eigenvalue weighted by Crippen LogP contribution is -2.57. The van der Waals surface area contributed by atoms with E-state index in [0.29, 0.717) is 50.2 Å². The molecule has 8 heteroatoms. The van der Waals surface area contributed by atoms with Crippen LogP contribution in [0, 0.1) is 0 Å². The Kier molecular flexibility index (Phi) is 9.39. The van der Waals surface area contributed by atoms with Gasteiger partial charge in [0.05, 0.1) is 44.5 Å². The zero-order chi connectivity index (χ0) is 27.7. The Morgan fingerprint density at radius 3 is 2.58 bits per heavy atom. The highest BCUT2D eigenvalue weighted by atomic mass is 35.5. The molecule has 208 valence electrons. The van der Waals surface area contributed by atoms with Crippen molar-refractivity contribution in [3.63, 3.8) is 0 Å². The average Bonchev–Trinajstić information content (AvgIpc) is 2.98. The van der Waals surface area contributed by atoms with Crippen molar-refractivity contribution in [1.82, 2.24) is 5.32 Å². The predicted molar refractivity (Wildman–Crippen MR) is 158 cm³/mol. The fourth-order valence-electron chi connectivity index (χ4n) is 4.77. The van der Waals surface area contributed by atoms with Gasteiger partial charge in [-0.2, -0.15) is 0 Å². The van der Waals surface area contributed by atoms with E-state index < -0.39 is 0 Å². The van der Waals surface area contributed by atoms with Crippen molar-refractivity contribution >= 4 is 34.0 Å². The summed E-state index contributed by atoms with van der Waals surface area (Å²) < 4.78 is 23.1. The van der Waals surface area contributed by atoms with Crippen LogP contribution in [0.1, 0.15) is 12.0 Å². The molecular weight excluding hydrogens is 528 g/mol. The maximum absolute atomic E-state index is 12.9. The van der Waals surface area contributed by atoms with Gasteiger partial charge in [0.15, 0.2) is 0 Å². The minimum absolute atomic E-state index is 0.0321. The summed E-state index contributed by atoms with van der Waals surface area (Å²) in [5.41, 5.74) is 1.73. The molecule has 1 atom stereocenters. The van der Waals surface area contributed by atoms with Gasteiger partial charge in [0.1, 0.15) is 23.9 Å². The van der Waals surface area contributed by atoms with Gasteiger partial charge >= 0.3 is 0 Å². The van der Waals surface area contributed by atoms with Gasteiger partial charge in [-0.3, -0.25) is 4.79 Å². The number of benzene rings is 4. The molecule has 0 unspecified atom stereocenters. The number of hydrogen-bond acceptors (Lipinski definition) is 6. The molecule has 40 heavy (non-hydrogen) atoms. The van der Waals surface area contributed by atoms with Crippen LogP contribution >= 0.6 is 11.6 Å². The third-order valence-corrected chi connectivity index (χ3v) is 7.08. The van der Waals surface area contributed by atoms with E-state index in [2.05, 4.69) is 17.4 Å². The normalized spacial score (nSPS) is 15.3. The van der Waals surface area contributed by atoms with E-state index in [1.54, 1.807) is 18.1 Å². The van der Waals surface area contributed by atoms with Gasteiger partial charge in [-0.05, 0) is 47.2 Å². The number of para-hydroxylation sites is 1. The Labute approximate surface area is 239 Å². The van der Waals surface area contributed by atoms with Gasteiger partial charge in [0.25, 0.3) is 0 Å². The molecule has 0 spiro atoms. The van der Waals surface area contributed by atoms with Crippen molar-refractivity contribution in [1.29, 1.82) is 0 Å². The number of fused-ring (bicyclic) bond motifs is 1. The van der Waals surface area contributed by atoms with Gasteiger partial charge in [0.2, 0.25) is 5.91 Å². The quantitative estimate of drug-likeness (QED) is 0.219. The Hall–Kier alpha value is -3.78. The summed E-state index contributed by atoms with van der Waals surface area (Å²) in [4.78, 5) is 14.7. The van der Waals surface area contributed by atoms with Crippen LogP contribution in [0.15, 0.2) is 84.9 Å². The lowest BCUT2D eigenvalue weighted by molar-refractivity contribution is -0.119. The first kappa shape index (κ1) is 27.8. The Morgan fingerprint density at radius 2 is 1.73 bits per heavy atom. The minimum atomic E-state index is -0.184. The highest BCUT2D eigenvalue weighted by molar-refractivity contribution is 6.32. The molecule has 1 N–H and O–H groups in total. The molecule has 0 aliphatic carbocycles. The Balaban J connectivity index is 1.14. The van der Waals surface area contributed by atoms with Crippen LogP contribution < -0.4 is 24.4 Å². The second-order valence-electron chi connectivity index (χ2n) is 9.55. The summed E-state index contributed by atoms with van der Waals surface area (Å²) in [6.45, 7) is 2.70. The second kappa shape index (κ2) is 13.5. The van der Waals surface area contributed by atoms with Crippen LogP contribution in [0.4, 0.5) is 5.69 Å². The number of nitrogens with one attached hydrogen (secondary N) is 1. The summed E-state index contributed by atoms with van der Waals surface area (Å²) in [6.07, 6.45) is 0.706. The zero-order valence-electron chi connectivity index (χ0n) is 22.5. The van der Waals surface area contributed by atoms with Gasteiger partial charge in [-0.25, -0.2) is 0 Å². The van der Waals surface area contributed by atoms with Crippen molar-refractivity contribution in [3.05, 3.63) is 95.5 Å². The SMILES string of the molecule is COc1ccccc1COCCCOc1ccc(N2C(=O)CNC[C@@H]2COc2ccc3ccccc3c2)cc1Cl. The number of nitrogens with zero attached hydrogens (tertiary/aromatic N) is 1. The highest BCUT2D eigenvalue weighted by Gasteiger charge is 2.30. The first-order chi connectivity index (χ1) is 19.6. The fraction of sp³-hybridized carbons (Fsp3) is 0.281. The number of anilines is 1. The number of amides is 1. The lowest BCUT2D eigenvalue weighted by Gasteiger charge is -2.36. The topological polar surface area (TPSA) is 69.3 Å². The number of carbonyl (C=O) groups is 1. The lowest BCUT2D eigenvalue weighted by atomic mass is 10.1. The summed E-state index contributed by atoms with van der Waals surface area (Å²) in [5.74, 6) is 2.12. The van der Waals surface area contributed by atoms with Crippen LogP contribution in [-0.4, -0.2) is 52.0 Å². The first-order valence-corrected chi connectivity index (χ1v) is 13.8. The van der Waals surface area contributed by atoms with Crippen LogP contribution in [0.5, 0.6) is 17.2 Å². The molecular formula is C32H33ClN2O5. The molecule has 0 bridgehead atoms. The van der Waals surface area contributed by atoms with Crippen molar-refractivity contribution in [2.75, 3.05) is 44.9 Å². The molecule has 1 heterocycles. The molecule has 0 saturated carbocycles.